The van der Waals surface area contributed by atoms with Gasteiger partial charge in [-0.1, -0.05) is 12.1 Å². The second kappa shape index (κ2) is 7.24. The lowest BCUT2D eigenvalue weighted by atomic mass is 9.98. The second-order valence-corrected chi connectivity index (χ2v) is 7.03. The van der Waals surface area contributed by atoms with E-state index in [1.807, 2.05) is 18.3 Å². The summed E-state index contributed by atoms with van der Waals surface area (Å²) < 4.78 is 6.31. The summed E-state index contributed by atoms with van der Waals surface area (Å²) in [5.41, 5.74) is 4.27. The van der Waals surface area contributed by atoms with Crippen molar-refractivity contribution in [3.63, 3.8) is 0 Å². The first-order valence-corrected chi connectivity index (χ1v) is 9.28. The number of aliphatic carboxylic acids is 1. The largest absolute Gasteiger partial charge is 0.490 e. The molecule has 1 fully saturated rings. The van der Waals surface area contributed by atoms with Gasteiger partial charge in [-0.05, 0) is 78.9 Å². The van der Waals surface area contributed by atoms with Crippen LogP contribution in [0.5, 0.6) is 5.75 Å². The molecule has 0 radical (unpaired) electrons. The number of benzene rings is 2. The van der Waals surface area contributed by atoms with Crippen molar-refractivity contribution in [1.82, 2.24) is 4.98 Å². The maximum absolute atomic E-state index is 10.9. The number of nitrogens with one attached hydrogen (secondary N) is 1. The van der Waals surface area contributed by atoms with Gasteiger partial charge >= 0.3 is 5.97 Å². The molecule has 0 spiro atoms. The second-order valence-electron chi connectivity index (χ2n) is 7.03. The molecule has 0 bridgehead atoms. The predicted octanol–water partition coefficient (Wildman–Crippen LogP) is 5.17. The fraction of sp³-hybridized carbons (Fsp3) is 0.318. The SMILES string of the molecule is O=C(O)CCc1ccc(OC2CCCC2)c(-c2ccc3[nH]ccc3c2)c1. The number of hydrogen-bond acceptors (Lipinski definition) is 2. The molecular formula is C22H23NO3. The van der Waals surface area contributed by atoms with Crippen LogP contribution in [0.3, 0.4) is 0 Å². The minimum absolute atomic E-state index is 0.138. The molecule has 0 atom stereocenters. The number of hydrogen-bond donors (Lipinski definition) is 2. The van der Waals surface area contributed by atoms with Gasteiger partial charge in [-0.2, -0.15) is 0 Å². The van der Waals surface area contributed by atoms with Crippen molar-refractivity contribution < 1.29 is 14.6 Å². The monoisotopic (exact) mass is 349 g/mol. The molecule has 3 aromatic rings. The van der Waals surface area contributed by atoms with Gasteiger partial charge in [-0.3, -0.25) is 4.79 Å². The molecule has 134 valence electrons. The van der Waals surface area contributed by atoms with Gasteiger partial charge in [0.25, 0.3) is 0 Å². The molecule has 0 amide bonds. The van der Waals surface area contributed by atoms with Crippen molar-refractivity contribution in [2.75, 3.05) is 0 Å². The highest BCUT2D eigenvalue weighted by Gasteiger charge is 2.19. The smallest absolute Gasteiger partial charge is 0.303 e. The zero-order valence-corrected chi connectivity index (χ0v) is 14.7. The van der Waals surface area contributed by atoms with Gasteiger partial charge in [-0.25, -0.2) is 0 Å². The highest BCUT2D eigenvalue weighted by molar-refractivity contribution is 5.86. The van der Waals surface area contributed by atoms with Crippen LogP contribution < -0.4 is 4.74 Å². The molecule has 0 aliphatic heterocycles. The molecule has 0 saturated heterocycles. The van der Waals surface area contributed by atoms with Crippen molar-refractivity contribution in [3.05, 3.63) is 54.2 Å². The van der Waals surface area contributed by atoms with Gasteiger partial charge in [0.2, 0.25) is 0 Å². The number of H-pyrrole nitrogens is 1. The van der Waals surface area contributed by atoms with Gasteiger partial charge in [0.1, 0.15) is 5.75 Å². The van der Waals surface area contributed by atoms with Crippen molar-refractivity contribution >= 4 is 16.9 Å². The van der Waals surface area contributed by atoms with Crippen molar-refractivity contribution in [1.29, 1.82) is 0 Å². The molecule has 1 aromatic heterocycles. The van der Waals surface area contributed by atoms with Gasteiger partial charge < -0.3 is 14.8 Å². The molecule has 4 heteroatoms. The maximum atomic E-state index is 10.9. The Labute approximate surface area is 152 Å². The molecule has 0 unspecified atom stereocenters. The number of ether oxygens (including phenoxy) is 1. The van der Waals surface area contributed by atoms with E-state index in [2.05, 4.69) is 35.3 Å². The summed E-state index contributed by atoms with van der Waals surface area (Å²) in [7, 11) is 0. The maximum Gasteiger partial charge on any atom is 0.303 e. The van der Waals surface area contributed by atoms with Crippen molar-refractivity contribution in [3.8, 4) is 16.9 Å². The Balaban J connectivity index is 1.71. The minimum atomic E-state index is -0.772. The van der Waals surface area contributed by atoms with E-state index in [0.29, 0.717) is 6.42 Å². The average Bonchev–Trinajstić information content (AvgIpc) is 3.31. The van der Waals surface area contributed by atoms with E-state index in [4.69, 9.17) is 9.84 Å². The third-order valence-corrected chi connectivity index (χ3v) is 5.13. The van der Waals surface area contributed by atoms with Crippen molar-refractivity contribution in [2.45, 2.75) is 44.6 Å². The number of aromatic amines is 1. The van der Waals surface area contributed by atoms with Crippen molar-refractivity contribution in [2.24, 2.45) is 0 Å². The van der Waals surface area contributed by atoms with E-state index in [9.17, 15) is 4.79 Å². The molecule has 4 rings (SSSR count). The molecule has 4 nitrogen and oxygen atoms in total. The van der Waals surface area contributed by atoms with E-state index in [1.165, 1.54) is 12.8 Å². The summed E-state index contributed by atoms with van der Waals surface area (Å²) in [4.78, 5) is 14.1. The van der Waals surface area contributed by atoms with E-state index in [0.717, 1.165) is 46.2 Å². The topological polar surface area (TPSA) is 62.3 Å². The number of carbonyl (C=O) groups is 1. The Kier molecular flexibility index (Phi) is 4.65. The molecule has 1 aliphatic carbocycles. The molecule has 1 aliphatic rings. The van der Waals surface area contributed by atoms with Crippen LogP contribution in [0.25, 0.3) is 22.0 Å². The molecule has 2 aromatic carbocycles. The van der Waals surface area contributed by atoms with E-state index in [-0.39, 0.29) is 12.5 Å². The Morgan fingerprint density at radius 2 is 1.96 bits per heavy atom. The highest BCUT2D eigenvalue weighted by atomic mass is 16.5. The Morgan fingerprint density at radius 3 is 2.77 bits per heavy atom. The third-order valence-electron chi connectivity index (χ3n) is 5.13. The molecule has 1 saturated carbocycles. The Bertz CT molecular complexity index is 922. The molecule has 1 heterocycles. The van der Waals surface area contributed by atoms with Crippen LogP contribution in [0.15, 0.2) is 48.7 Å². The highest BCUT2D eigenvalue weighted by Crippen LogP contribution is 2.35. The number of carboxylic acid groups (broad SMARTS) is 1. The van der Waals surface area contributed by atoms with E-state index in [1.54, 1.807) is 0 Å². The summed E-state index contributed by atoms with van der Waals surface area (Å²) in [5, 5.41) is 10.1. The Hall–Kier alpha value is -2.75. The third kappa shape index (κ3) is 3.59. The average molecular weight is 349 g/mol. The van der Waals surface area contributed by atoms with E-state index < -0.39 is 5.97 Å². The predicted molar refractivity (Wildman–Crippen MR) is 103 cm³/mol. The van der Waals surface area contributed by atoms with Crippen LogP contribution in [0.1, 0.15) is 37.7 Å². The summed E-state index contributed by atoms with van der Waals surface area (Å²) in [6.45, 7) is 0. The number of aromatic nitrogens is 1. The first kappa shape index (κ1) is 16.7. The standard InChI is InChI=1S/C22H23NO3/c24-22(25)10-6-15-5-9-21(26-18-3-1-2-4-18)19(13-15)16-7-8-20-17(14-16)11-12-23-20/h5,7-9,11-14,18,23H,1-4,6,10H2,(H,24,25). The van der Waals surface area contributed by atoms with Crippen LogP contribution in [0.4, 0.5) is 0 Å². The number of rotatable bonds is 6. The zero-order valence-electron chi connectivity index (χ0n) is 14.7. The molecular weight excluding hydrogens is 326 g/mol. The summed E-state index contributed by atoms with van der Waals surface area (Å²) in [6.07, 6.45) is 7.56. The number of fused-ring (bicyclic) bond motifs is 1. The number of carboxylic acids is 1. The normalized spacial score (nSPS) is 14.8. The first-order valence-electron chi connectivity index (χ1n) is 9.28. The first-order chi connectivity index (χ1) is 12.7. The van der Waals surface area contributed by atoms with Crippen LogP contribution in [0, 0.1) is 0 Å². The van der Waals surface area contributed by atoms with Crippen LogP contribution in [-0.2, 0) is 11.2 Å². The lowest BCUT2D eigenvalue weighted by molar-refractivity contribution is -0.136. The fourth-order valence-electron chi connectivity index (χ4n) is 3.72. The summed E-state index contributed by atoms with van der Waals surface area (Å²) >= 11 is 0. The van der Waals surface area contributed by atoms with Gasteiger partial charge in [-0.15, -0.1) is 0 Å². The van der Waals surface area contributed by atoms with Crippen LogP contribution in [0.2, 0.25) is 0 Å². The van der Waals surface area contributed by atoms with Crippen LogP contribution in [-0.4, -0.2) is 22.2 Å². The lowest BCUT2D eigenvalue weighted by Crippen LogP contribution is -2.11. The van der Waals surface area contributed by atoms with Gasteiger partial charge in [0, 0.05) is 23.7 Å². The fourth-order valence-corrected chi connectivity index (χ4v) is 3.72. The minimum Gasteiger partial charge on any atom is -0.490 e. The van der Waals surface area contributed by atoms with Crippen LogP contribution >= 0.6 is 0 Å². The van der Waals surface area contributed by atoms with E-state index >= 15 is 0 Å². The zero-order chi connectivity index (χ0) is 17.9. The lowest BCUT2D eigenvalue weighted by Gasteiger charge is -2.18. The quantitative estimate of drug-likeness (QED) is 0.645. The Morgan fingerprint density at radius 1 is 1.12 bits per heavy atom. The number of aryl methyl sites for hydroxylation is 1. The summed E-state index contributed by atoms with van der Waals surface area (Å²) in [5.74, 6) is 0.123. The molecule has 2 N–H and O–H groups in total. The molecule has 26 heavy (non-hydrogen) atoms. The van der Waals surface area contributed by atoms with Gasteiger partial charge in [0.15, 0.2) is 0 Å². The summed E-state index contributed by atoms with van der Waals surface area (Å²) in [6, 6.07) is 14.5. The van der Waals surface area contributed by atoms with Gasteiger partial charge in [0.05, 0.1) is 6.10 Å².